The Morgan fingerprint density at radius 3 is 2.56 bits per heavy atom. The number of hydrogen-bond donors (Lipinski definition) is 1. The Labute approximate surface area is 110 Å². The van der Waals surface area contributed by atoms with E-state index in [1.165, 1.54) is 11.3 Å². The van der Waals surface area contributed by atoms with Gasteiger partial charge < -0.3 is 10.6 Å². The van der Waals surface area contributed by atoms with Gasteiger partial charge in [0.2, 0.25) is 5.91 Å². The number of piperazine rings is 1. The van der Waals surface area contributed by atoms with E-state index in [1.807, 2.05) is 17.5 Å². The number of carbonyl (C=O) groups excluding carboxylic acids is 2. The summed E-state index contributed by atoms with van der Waals surface area (Å²) in [4.78, 5) is 28.0. The van der Waals surface area contributed by atoms with Gasteiger partial charge in [0.1, 0.15) is 0 Å². The molecule has 5 nitrogen and oxygen atoms in total. The quantitative estimate of drug-likeness (QED) is 0.782. The van der Waals surface area contributed by atoms with Gasteiger partial charge in [-0.3, -0.25) is 14.5 Å². The molecule has 18 heavy (non-hydrogen) atoms. The van der Waals surface area contributed by atoms with Crippen LogP contribution in [0.15, 0.2) is 17.5 Å². The number of Topliss-reactive ketones (excluding diaryl/α,β-unsaturated/α-hetero) is 1. The number of nitrogens with two attached hydrogens (primary N) is 1. The average molecular weight is 267 g/mol. The van der Waals surface area contributed by atoms with Crippen LogP contribution in [0.25, 0.3) is 0 Å². The first-order valence-corrected chi connectivity index (χ1v) is 6.85. The molecule has 0 aromatic carbocycles. The Bertz CT molecular complexity index is 411. The Hall–Kier alpha value is -1.24. The molecule has 1 aromatic heterocycles. The van der Waals surface area contributed by atoms with E-state index in [4.69, 9.17) is 5.73 Å². The van der Waals surface area contributed by atoms with E-state index in [9.17, 15) is 9.59 Å². The number of rotatable bonds is 4. The van der Waals surface area contributed by atoms with Crippen molar-refractivity contribution in [1.82, 2.24) is 9.80 Å². The molecule has 6 heteroatoms. The Kier molecular flexibility index (Phi) is 4.46. The highest BCUT2D eigenvalue weighted by molar-refractivity contribution is 7.12. The number of amides is 1. The van der Waals surface area contributed by atoms with Crippen molar-refractivity contribution < 1.29 is 9.59 Å². The minimum Gasteiger partial charge on any atom is -0.339 e. The van der Waals surface area contributed by atoms with Gasteiger partial charge in [-0.15, -0.1) is 11.3 Å². The van der Waals surface area contributed by atoms with Crippen molar-refractivity contribution in [2.24, 2.45) is 5.73 Å². The molecule has 0 unspecified atom stereocenters. The predicted octanol–water partition coefficient (Wildman–Crippen LogP) is 0.0337. The summed E-state index contributed by atoms with van der Waals surface area (Å²) >= 11 is 1.47. The highest BCUT2D eigenvalue weighted by atomic mass is 32.1. The highest BCUT2D eigenvalue weighted by Gasteiger charge is 2.21. The second-order valence-electron chi connectivity index (χ2n) is 4.26. The lowest BCUT2D eigenvalue weighted by atomic mass is 10.2. The third-order valence-corrected chi connectivity index (χ3v) is 3.97. The van der Waals surface area contributed by atoms with Gasteiger partial charge in [0.05, 0.1) is 18.0 Å². The van der Waals surface area contributed by atoms with Crippen molar-refractivity contribution in [3.05, 3.63) is 22.4 Å². The van der Waals surface area contributed by atoms with Crippen molar-refractivity contribution in [1.29, 1.82) is 0 Å². The van der Waals surface area contributed by atoms with Crippen LogP contribution in [0.4, 0.5) is 0 Å². The Morgan fingerprint density at radius 1 is 1.28 bits per heavy atom. The first-order chi connectivity index (χ1) is 8.70. The van der Waals surface area contributed by atoms with Crippen LogP contribution in [0, 0.1) is 0 Å². The largest absolute Gasteiger partial charge is 0.339 e. The van der Waals surface area contributed by atoms with Crippen molar-refractivity contribution in [3.63, 3.8) is 0 Å². The maximum Gasteiger partial charge on any atom is 0.236 e. The monoisotopic (exact) mass is 267 g/mol. The summed E-state index contributed by atoms with van der Waals surface area (Å²) in [6.07, 6.45) is 0. The van der Waals surface area contributed by atoms with Crippen LogP contribution in [0.2, 0.25) is 0 Å². The molecule has 0 radical (unpaired) electrons. The molecule has 98 valence electrons. The van der Waals surface area contributed by atoms with Crippen LogP contribution in [0.1, 0.15) is 9.67 Å². The van der Waals surface area contributed by atoms with E-state index in [0.717, 1.165) is 18.0 Å². The molecule has 1 amide bonds. The molecule has 2 N–H and O–H groups in total. The summed E-state index contributed by atoms with van der Waals surface area (Å²) in [5.41, 5.74) is 5.32. The van der Waals surface area contributed by atoms with E-state index in [2.05, 4.69) is 4.90 Å². The summed E-state index contributed by atoms with van der Waals surface area (Å²) in [7, 11) is 0. The number of nitrogens with zero attached hydrogens (tertiary/aromatic N) is 2. The number of hydrogen-bond acceptors (Lipinski definition) is 5. The molecular formula is C12H17N3O2S. The zero-order chi connectivity index (χ0) is 13.0. The SMILES string of the molecule is NCC(=O)N1CCN(CC(=O)c2cccs2)CC1. The molecule has 2 rings (SSSR count). The zero-order valence-electron chi connectivity index (χ0n) is 10.2. The van der Waals surface area contributed by atoms with E-state index in [1.54, 1.807) is 4.90 Å². The summed E-state index contributed by atoms with van der Waals surface area (Å²) in [6, 6.07) is 3.73. The maximum atomic E-state index is 11.9. The fourth-order valence-electron chi connectivity index (χ4n) is 2.00. The van der Waals surface area contributed by atoms with Gasteiger partial charge in [0.15, 0.2) is 5.78 Å². The van der Waals surface area contributed by atoms with Crippen LogP contribution >= 0.6 is 11.3 Å². The van der Waals surface area contributed by atoms with Crippen LogP contribution in [-0.4, -0.2) is 60.8 Å². The second kappa shape index (κ2) is 6.08. The van der Waals surface area contributed by atoms with E-state index in [-0.39, 0.29) is 18.2 Å². The van der Waals surface area contributed by atoms with Crippen molar-refractivity contribution in [2.45, 2.75) is 0 Å². The molecule has 0 bridgehead atoms. The van der Waals surface area contributed by atoms with Crippen molar-refractivity contribution in [3.8, 4) is 0 Å². The predicted molar refractivity (Wildman–Crippen MR) is 70.7 cm³/mol. The standard InChI is InChI=1S/C12H17N3O2S/c13-8-12(17)15-5-3-14(4-6-15)9-10(16)11-2-1-7-18-11/h1-2,7H,3-6,8-9,13H2. The number of carbonyl (C=O) groups is 2. The molecule has 1 aliphatic heterocycles. The van der Waals surface area contributed by atoms with Crippen molar-refractivity contribution in [2.75, 3.05) is 39.3 Å². The lowest BCUT2D eigenvalue weighted by molar-refractivity contribution is -0.131. The normalized spacial score (nSPS) is 16.8. The van der Waals surface area contributed by atoms with E-state index < -0.39 is 0 Å². The minimum atomic E-state index is -0.0146. The Balaban J connectivity index is 1.80. The van der Waals surface area contributed by atoms with Gasteiger partial charge in [-0.2, -0.15) is 0 Å². The molecule has 1 aromatic rings. The smallest absolute Gasteiger partial charge is 0.236 e. The molecule has 1 aliphatic rings. The fraction of sp³-hybridized carbons (Fsp3) is 0.500. The van der Waals surface area contributed by atoms with Gasteiger partial charge in [-0.25, -0.2) is 0 Å². The minimum absolute atomic E-state index is 0.0146. The molecule has 0 atom stereocenters. The van der Waals surface area contributed by atoms with Gasteiger partial charge in [-0.05, 0) is 11.4 Å². The molecule has 1 fully saturated rings. The molecular weight excluding hydrogens is 250 g/mol. The number of ketones is 1. The van der Waals surface area contributed by atoms with E-state index >= 15 is 0 Å². The van der Waals surface area contributed by atoms with Gasteiger partial charge in [0.25, 0.3) is 0 Å². The average Bonchev–Trinajstić information content (AvgIpc) is 2.92. The van der Waals surface area contributed by atoms with Crippen LogP contribution in [-0.2, 0) is 4.79 Å². The van der Waals surface area contributed by atoms with Gasteiger partial charge >= 0.3 is 0 Å². The third-order valence-electron chi connectivity index (χ3n) is 3.06. The van der Waals surface area contributed by atoms with E-state index in [0.29, 0.717) is 19.6 Å². The lowest BCUT2D eigenvalue weighted by Gasteiger charge is -2.34. The fourth-order valence-corrected chi connectivity index (χ4v) is 2.66. The third kappa shape index (κ3) is 3.16. The molecule has 0 spiro atoms. The van der Waals surface area contributed by atoms with Gasteiger partial charge in [0, 0.05) is 26.2 Å². The topological polar surface area (TPSA) is 66.6 Å². The summed E-state index contributed by atoms with van der Waals surface area (Å²) in [5.74, 6) is 0.142. The summed E-state index contributed by atoms with van der Waals surface area (Å²) < 4.78 is 0. The number of thiophene rings is 1. The Morgan fingerprint density at radius 2 is 2.00 bits per heavy atom. The van der Waals surface area contributed by atoms with Crippen LogP contribution < -0.4 is 5.73 Å². The van der Waals surface area contributed by atoms with Crippen LogP contribution in [0.3, 0.4) is 0 Å². The molecule has 1 saturated heterocycles. The summed E-state index contributed by atoms with van der Waals surface area (Å²) in [6.45, 7) is 3.30. The van der Waals surface area contributed by atoms with Crippen molar-refractivity contribution >= 4 is 23.0 Å². The van der Waals surface area contributed by atoms with Crippen LogP contribution in [0.5, 0.6) is 0 Å². The highest BCUT2D eigenvalue weighted by Crippen LogP contribution is 2.11. The molecule has 2 heterocycles. The first kappa shape index (κ1) is 13.2. The second-order valence-corrected chi connectivity index (χ2v) is 5.21. The summed E-state index contributed by atoms with van der Waals surface area (Å²) in [5, 5.41) is 1.91. The zero-order valence-corrected chi connectivity index (χ0v) is 11.0. The lowest BCUT2D eigenvalue weighted by Crippen LogP contribution is -2.51. The molecule has 0 aliphatic carbocycles. The first-order valence-electron chi connectivity index (χ1n) is 5.97. The van der Waals surface area contributed by atoms with Gasteiger partial charge in [-0.1, -0.05) is 6.07 Å². The maximum absolute atomic E-state index is 11.9. The molecule has 0 saturated carbocycles.